The summed E-state index contributed by atoms with van der Waals surface area (Å²) in [6.07, 6.45) is 2.46. The van der Waals surface area contributed by atoms with Crippen molar-refractivity contribution in [2.24, 2.45) is 16.7 Å². The van der Waals surface area contributed by atoms with Gasteiger partial charge in [-0.3, -0.25) is 25.0 Å². The maximum atomic E-state index is 13.2. The second kappa shape index (κ2) is 5.03. The molecule has 1 amide bonds. The Hall–Kier alpha value is -3.02. The van der Waals surface area contributed by atoms with Crippen molar-refractivity contribution < 1.29 is 14.6 Å². The topological polar surface area (TPSA) is 130 Å². The Kier molecular flexibility index (Phi) is 3.24. The first kappa shape index (κ1) is 17.4. The van der Waals surface area contributed by atoms with Crippen molar-refractivity contribution in [2.45, 2.75) is 38.6 Å². The average molecular weight is 370 g/mol. The molecule has 9 nitrogen and oxygen atoms in total. The van der Waals surface area contributed by atoms with E-state index in [0.29, 0.717) is 18.9 Å². The lowest BCUT2D eigenvalue weighted by atomic mass is 9.66. The highest BCUT2D eigenvalue weighted by Gasteiger charge is 2.78. The average Bonchev–Trinajstić information content (AvgIpc) is 3.09. The number of nitro benzene ring substituents is 2. The summed E-state index contributed by atoms with van der Waals surface area (Å²) in [6, 6.07) is 5.31. The molecule has 1 aromatic rings. The fourth-order valence-electron chi connectivity index (χ4n) is 5.84. The van der Waals surface area contributed by atoms with Gasteiger partial charge in [-0.15, -0.1) is 0 Å². The number of rotatable bonds is 3. The maximum Gasteiger partial charge on any atom is 0.277 e. The molecule has 1 saturated heterocycles. The zero-order chi connectivity index (χ0) is 19.8. The van der Waals surface area contributed by atoms with Crippen LogP contribution < -0.4 is 0 Å². The molecule has 4 rings (SSSR count). The zero-order valence-corrected chi connectivity index (χ0v) is 15.0. The molecule has 0 aromatic heterocycles. The Balaban J connectivity index is 1.80. The van der Waals surface area contributed by atoms with Crippen molar-refractivity contribution in [1.29, 1.82) is 5.26 Å². The molecule has 9 heteroatoms. The van der Waals surface area contributed by atoms with Gasteiger partial charge in [-0.1, -0.05) is 13.8 Å². The Morgan fingerprint density at radius 3 is 2.30 bits per heavy atom. The summed E-state index contributed by atoms with van der Waals surface area (Å²) >= 11 is 0. The van der Waals surface area contributed by atoms with Crippen LogP contribution in [-0.2, 0) is 0 Å². The number of nitriles is 1. The third-order valence-corrected chi connectivity index (χ3v) is 7.56. The summed E-state index contributed by atoms with van der Waals surface area (Å²) in [5.41, 5.74) is -2.65. The molecular formula is C18H18N4O5. The third-order valence-electron chi connectivity index (χ3n) is 7.56. The number of non-ortho nitro benzene ring substituents is 2. The van der Waals surface area contributed by atoms with Crippen LogP contribution in [0, 0.1) is 48.3 Å². The Bertz CT molecular complexity index is 923. The molecule has 0 spiro atoms. The van der Waals surface area contributed by atoms with Gasteiger partial charge in [0, 0.05) is 24.1 Å². The van der Waals surface area contributed by atoms with Gasteiger partial charge in [-0.25, -0.2) is 0 Å². The molecule has 4 bridgehead atoms. The smallest absolute Gasteiger partial charge is 0.277 e. The van der Waals surface area contributed by atoms with Gasteiger partial charge in [0.25, 0.3) is 17.3 Å². The lowest BCUT2D eigenvalue weighted by Gasteiger charge is -2.43. The van der Waals surface area contributed by atoms with Gasteiger partial charge in [0.15, 0.2) is 0 Å². The largest absolute Gasteiger partial charge is 0.319 e. The van der Waals surface area contributed by atoms with E-state index in [-0.39, 0.29) is 16.4 Å². The Morgan fingerprint density at radius 2 is 1.81 bits per heavy atom. The van der Waals surface area contributed by atoms with Gasteiger partial charge >= 0.3 is 0 Å². The minimum absolute atomic E-state index is 0.124. The highest BCUT2D eigenvalue weighted by Crippen LogP contribution is 2.75. The summed E-state index contributed by atoms with van der Waals surface area (Å²) in [6.45, 7) is 4.54. The van der Waals surface area contributed by atoms with E-state index in [1.54, 1.807) is 0 Å². The van der Waals surface area contributed by atoms with E-state index in [1.165, 1.54) is 4.90 Å². The van der Waals surface area contributed by atoms with Crippen molar-refractivity contribution in [3.8, 4) is 6.07 Å². The molecule has 0 N–H and O–H groups in total. The van der Waals surface area contributed by atoms with E-state index < -0.39 is 32.7 Å². The number of carbonyl (C=O) groups is 1. The minimum atomic E-state index is -0.971. The number of hydrogen-bond acceptors (Lipinski definition) is 6. The van der Waals surface area contributed by atoms with E-state index in [2.05, 4.69) is 13.0 Å². The van der Waals surface area contributed by atoms with Crippen molar-refractivity contribution in [3.05, 3.63) is 44.0 Å². The second-order valence-electron chi connectivity index (χ2n) is 8.30. The van der Waals surface area contributed by atoms with E-state index in [1.807, 2.05) is 6.92 Å². The Morgan fingerprint density at radius 1 is 1.22 bits per heavy atom. The minimum Gasteiger partial charge on any atom is -0.319 e. The lowest BCUT2D eigenvalue weighted by molar-refractivity contribution is -0.394. The molecule has 4 atom stereocenters. The highest BCUT2D eigenvalue weighted by atomic mass is 16.6. The number of amides is 1. The van der Waals surface area contributed by atoms with Gasteiger partial charge < -0.3 is 4.90 Å². The first-order valence-corrected chi connectivity index (χ1v) is 8.77. The fourth-order valence-corrected chi connectivity index (χ4v) is 5.84. The van der Waals surface area contributed by atoms with Crippen molar-refractivity contribution in [2.75, 3.05) is 6.54 Å². The molecule has 2 aliphatic carbocycles. The molecule has 1 heterocycles. The first-order chi connectivity index (χ1) is 12.6. The van der Waals surface area contributed by atoms with Crippen LogP contribution in [0.3, 0.4) is 0 Å². The van der Waals surface area contributed by atoms with Crippen LogP contribution in [-0.4, -0.2) is 32.7 Å². The van der Waals surface area contributed by atoms with Crippen LogP contribution in [0.25, 0.3) is 0 Å². The lowest BCUT2D eigenvalue weighted by Crippen LogP contribution is -2.54. The molecule has 3 fully saturated rings. The van der Waals surface area contributed by atoms with E-state index in [4.69, 9.17) is 0 Å². The first-order valence-electron chi connectivity index (χ1n) is 8.77. The van der Waals surface area contributed by atoms with E-state index in [0.717, 1.165) is 31.0 Å². The monoisotopic (exact) mass is 370 g/mol. The SMILES string of the molecule is CC12CN(C(=O)c3cc([N+](=O)[O-])cc([N+](=O)[O-])c3)C3(C#N)CC1CCC23C. The summed E-state index contributed by atoms with van der Waals surface area (Å²) in [5.74, 6) is -0.190. The molecule has 27 heavy (non-hydrogen) atoms. The summed E-state index contributed by atoms with van der Waals surface area (Å²) in [4.78, 5) is 35.5. The molecule has 0 radical (unpaired) electrons. The molecule has 3 aliphatic rings. The van der Waals surface area contributed by atoms with Gasteiger partial charge in [-0.2, -0.15) is 5.26 Å². The van der Waals surface area contributed by atoms with Crippen LogP contribution in [0.1, 0.15) is 43.5 Å². The predicted octanol–water partition coefficient (Wildman–Crippen LogP) is 3.05. The van der Waals surface area contributed by atoms with Crippen molar-refractivity contribution in [3.63, 3.8) is 0 Å². The number of carbonyl (C=O) groups excluding carboxylic acids is 1. The number of piperidine rings is 1. The molecule has 1 aromatic carbocycles. The number of hydrogen-bond donors (Lipinski definition) is 0. The van der Waals surface area contributed by atoms with Gasteiger partial charge in [0.1, 0.15) is 5.54 Å². The maximum absolute atomic E-state index is 13.2. The molecule has 140 valence electrons. The van der Waals surface area contributed by atoms with Crippen LogP contribution in [0.15, 0.2) is 18.2 Å². The van der Waals surface area contributed by atoms with Crippen molar-refractivity contribution in [1.82, 2.24) is 4.90 Å². The summed E-state index contributed by atoms with van der Waals surface area (Å²) in [7, 11) is 0. The number of benzene rings is 1. The molecule has 1 aliphatic heterocycles. The predicted molar refractivity (Wildman–Crippen MR) is 92.7 cm³/mol. The summed E-state index contributed by atoms with van der Waals surface area (Å²) < 4.78 is 0. The second-order valence-corrected chi connectivity index (χ2v) is 8.30. The van der Waals surface area contributed by atoms with E-state index >= 15 is 0 Å². The summed E-state index contributed by atoms with van der Waals surface area (Å²) in [5, 5.41) is 32.3. The normalized spacial score (nSPS) is 35.9. The van der Waals surface area contributed by atoms with Crippen LogP contribution in [0.5, 0.6) is 0 Å². The number of nitrogens with zero attached hydrogens (tertiary/aromatic N) is 4. The molecule has 4 unspecified atom stereocenters. The third kappa shape index (κ3) is 1.85. The number of likely N-dealkylation sites (tertiary alicyclic amines) is 1. The highest BCUT2D eigenvalue weighted by molar-refractivity contribution is 5.97. The molecule has 2 saturated carbocycles. The fraction of sp³-hybridized carbons (Fsp3) is 0.556. The van der Waals surface area contributed by atoms with Gasteiger partial charge in [0.05, 0.1) is 27.5 Å². The van der Waals surface area contributed by atoms with Gasteiger partial charge in [0.2, 0.25) is 0 Å². The standard InChI is InChI=1S/C18H18N4O5/c1-16-10-20(18(9-19)8-12(16)3-4-17(16,18)2)15(23)11-5-13(21(24)25)7-14(6-11)22(26)27/h5-7,12H,3-4,8,10H2,1-2H3. The van der Waals surface area contributed by atoms with Crippen molar-refractivity contribution >= 4 is 17.3 Å². The molecular weight excluding hydrogens is 352 g/mol. The van der Waals surface area contributed by atoms with Crippen LogP contribution >= 0.6 is 0 Å². The van der Waals surface area contributed by atoms with Crippen LogP contribution in [0.2, 0.25) is 0 Å². The van der Waals surface area contributed by atoms with Crippen LogP contribution in [0.4, 0.5) is 11.4 Å². The zero-order valence-electron chi connectivity index (χ0n) is 15.0. The Labute approximate surface area is 154 Å². The van der Waals surface area contributed by atoms with Gasteiger partial charge in [-0.05, 0) is 30.6 Å². The quantitative estimate of drug-likeness (QED) is 0.593. The number of nitro groups is 2. The van der Waals surface area contributed by atoms with E-state index in [9.17, 15) is 30.3 Å².